The van der Waals surface area contributed by atoms with E-state index in [9.17, 15) is 9.50 Å². The van der Waals surface area contributed by atoms with Gasteiger partial charge in [-0.25, -0.2) is 4.39 Å². The molecule has 20 heavy (non-hydrogen) atoms. The number of phenols is 1. The van der Waals surface area contributed by atoms with E-state index in [0.717, 1.165) is 16.8 Å². The minimum Gasteiger partial charge on any atom is -0.508 e. The molecule has 1 aliphatic carbocycles. The maximum absolute atomic E-state index is 13.0. The summed E-state index contributed by atoms with van der Waals surface area (Å²) in [6.45, 7) is 1.87. The highest BCUT2D eigenvalue weighted by atomic mass is 19.1. The molecule has 0 radical (unpaired) electrons. The van der Waals surface area contributed by atoms with Crippen LogP contribution in [-0.2, 0) is 0 Å². The van der Waals surface area contributed by atoms with Crippen molar-refractivity contribution in [2.45, 2.75) is 25.8 Å². The number of aromatic hydroxyl groups is 1. The molecular formula is C17H18FNO. The number of rotatable bonds is 4. The van der Waals surface area contributed by atoms with Gasteiger partial charge in [-0.05, 0) is 55.0 Å². The Balaban J connectivity index is 1.84. The summed E-state index contributed by atoms with van der Waals surface area (Å²) in [7, 11) is 0. The SMILES string of the molecule is Cc1ccc(NC(c2ccc(F)cc2)C2CC2)cc1O. The molecule has 0 heterocycles. The molecule has 1 aliphatic rings. The molecule has 2 nitrogen and oxygen atoms in total. The van der Waals surface area contributed by atoms with Crippen molar-refractivity contribution in [2.24, 2.45) is 5.92 Å². The molecule has 2 aromatic rings. The molecule has 3 heteroatoms. The van der Waals surface area contributed by atoms with Crippen LogP contribution in [0.4, 0.5) is 10.1 Å². The molecule has 0 saturated heterocycles. The Hall–Kier alpha value is -2.03. The van der Waals surface area contributed by atoms with E-state index in [1.54, 1.807) is 6.07 Å². The summed E-state index contributed by atoms with van der Waals surface area (Å²) in [6, 6.07) is 12.4. The van der Waals surface area contributed by atoms with E-state index >= 15 is 0 Å². The Bertz CT molecular complexity index is 605. The Morgan fingerprint density at radius 2 is 1.85 bits per heavy atom. The van der Waals surface area contributed by atoms with E-state index in [0.29, 0.717) is 11.7 Å². The number of nitrogens with one attached hydrogen (secondary N) is 1. The van der Waals surface area contributed by atoms with Crippen molar-refractivity contribution in [3.05, 3.63) is 59.4 Å². The van der Waals surface area contributed by atoms with E-state index < -0.39 is 0 Å². The van der Waals surface area contributed by atoms with Gasteiger partial charge in [0.1, 0.15) is 11.6 Å². The van der Waals surface area contributed by atoms with Crippen LogP contribution in [0.5, 0.6) is 5.75 Å². The highest BCUT2D eigenvalue weighted by Crippen LogP contribution is 2.43. The lowest BCUT2D eigenvalue weighted by Crippen LogP contribution is -2.12. The van der Waals surface area contributed by atoms with Crippen molar-refractivity contribution in [3.8, 4) is 5.75 Å². The zero-order valence-electron chi connectivity index (χ0n) is 11.4. The zero-order valence-corrected chi connectivity index (χ0v) is 11.4. The van der Waals surface area contributed by atoms with Crippen molar-refractivity contribution >= 4 is 5.69 Å². The largest absolute Gasteiger partial charge is 0.508 e. The molecule has 0 aromatic heterocycles. The van der Waals surface area contributed by atoms with E-state index in [-0.39, 0.29) is 11.9 Å². The Morgan fingerprint density at radius 1 is 1.15 bits per heavy atom. The topological polar surface area (TPSA) is 32.3 Å². The quantitative estimate of drug-likeness (QED) is 0.863. The van der Waals surface area contributed by atoms with Crippen LogP contribution in [-0.4, -0.2) is 5.11 Å². The lowest BCUT2D eigenvalue weighted by atomic mass is 10.0. The minimum atomic E-state index is -0.212. The van der Waals surface area contributed by atoms with Gasteiger partial charge in [0.25, 0.3) is 0 Å². The molecule has 0 aliphatic heterocycles. The zero-order chi connectivity index (χ0) is 14.1. The normalized spacial score (nSPS) is 15.9. The van der Waals surface area contributed by atoms with Gasteiger partial charge >= 0.3 is 0 Å². The number of hydrogen-bond acceptors (Lipinski definition) is 2. The Labute approximate surface area is 118 Å². The minimum absolute atomic E-state index is 0.178. The van der Waals surface area contributed by atoms with E-state index in [1.807, 2.05) is 31.2 Å². The summed E-state index contributed by atoms with van der Waals surface area (Å²) in [5.74, 6) is 0.670. The molecule has 0 amide bonds. The van der Waals surface area contributed by atoms with Crippen LogP contribution in [0, 0.1) is 18.7 Å². The van der Waals surface area contributed by atoms with Gasteiger partial charge in [-0.1, -0.05) is 18.2 Å². The van der Waals surface area contributed by atoms with Gasteiger partial charge in [-0.2, -0.15) is 0 Å². The fourth-order valence-corrected chi connectivity index (χ4v) is 2.45. The number of phenolic OH excluding ortho intramolecular Hbond substituents is 1. The number of benzene rings is 2. The monoisotopic (exact) mass is 271 g/mol. The molecule has 0 bridgehead atoms. The number of hydrogen-bond donors (Lipinski definition) is 2. The van der Waals surface area contributed by atoms with Crippen LogP contribution in [0.1, 0.15) is 30.0 Å². The van der Waals surface area contributed by atoms with Crippen molar-refractivity contribution in [1.29, 1.82) is 0 Å². The molecule has 2 aromatic carbocycles. The first-order chi connectivity index (χ1) is 9.63. The predicted octanol–water partition coefficient (Wildman–Crippen LogP) is 4.40. The van der Waals surface area contributed by atoms with Gasteiger partial charge in [0.05, 0.1) is 6.04 Å². The van der Waals surface area contributed by atoms with E-state index in [4.69, 9.17) is 0 Å². The predicted molar refractivity (Wildman–Crippen MR) is 78.3 cm³/mol. The second kappa shape index (κ2) is 5.16. The molecule has 1 fully saturated rings. The van der Waals surface area contributed by atoms with E-state index in [2.05, 4.69) is 5.32 Å². The van der Waals surface area contributed by atoms with Crippen LogP contribution in [0.3, 0.4) is 0 Å². The molecule has 1 saturated carbocycles. The van der Waals surface area contributed by atoms with Crippen molar-refractivity contribution < 1.29 is 9.50 Å². The Kier molecular flexibility index (Phi) is 3.35. The van der Waals surface area contributed by atoms with Crippen LogP contribution in [0.15, 0.2) is 42.5 Å². The summed E-state index contributed by atoms with van der Waals surface area (Å²) in [5.41, 5.74) is 2.85. The molecule has 3 rings (SSSR count). The fourth-order valence-electron chi connectivity index (χ4n) is 2.45. The summed E-state index contributed by atoms with van der Waals surface area (Å²) < 4.78 is 13.0. The van der Waals surface area contributed by atoms with Gasteiger partial charge in [0.2, 0.25) is 0 Å². The van der Waals surface area contributed by atoms with E-state index in [1.165, 1.54) is 25.0 Å². The first-order valence-corrected chi connectivity index (χ1v) is 6.95. The third-order valence-corrected chi connectivity index (χ3v) is 3.85. The van der Waals surface area contributed by atoms with Crippen molar-refractivity contribution in [2.75, 3.05) is 5.32 Å². The fraction of sp³-hybridized carbons (Fsp3) is 0.294. The standard InChI is InChI=1S/C17H18FNO/c1-11-2-9-15(10-16(11)20)19-17(12-3-4-12)13-5-7-14(18)8-6-13/h2,5-10,12,17,19-20H,3-4H2,1H3. The molecule has 1 atom stereocenters. The third-order valence-electron chi connectivity index (χ3n) is 3.85. The van der Waals surface area contributed by atoms with Crippen molar-refractivity contribution in [3.63, 3.8) is 0 Å². The first kappa shape index (κ1) is 13.0. The van der Waals surface area contributed by atoms with Crippen LogP contribution >= 0.6 is 0 Å². The number of anilines is 1. The average Bonchev–Trinajstić information content (AvgIpc) is 3.26. The summed E-state index contributed by atoms with van der Waals surface area (Å²) in [5, 5.41) is 13.2. The lowest BCUT2D eigenvalue weighted by Gasteiger charge is -2.20. The van der Waals surface area contributed by atoms with Gasteiger partial charge in [0, 0.05) is 11.8 Å². The van der Waals surface area contributed by atoms with Crippen molar-refractivity contribution in [1.82, 2.24) is 0 Å². The third kappa shape index (κ3) is 2.77. The maximum Gasteiger partial charge on any atom is 0.123 e. The highest BCUT2D eigenvalue weighted by molar-refractivity contribution is 5.52. The first-order valence-electron chi connectivity index (χ1n) is 6.95. The Morgan fingerprint density at radius 3 is 2.45 bits per heavy atom. The van der Waals surface area contributed by atoms with Gasteiger partial charge in [-0.15, -0.1) is 0 Å². The van der Waals surface area contributed by atoms with Gasteiger partial charge < -0.3 is 10.4 Å². The smallest absolute Gasteiger partial charge is 0.123 e. The van der Waals surface area contributed by atoms with Crippen LogP contribution in [0.25, 0.3) is 0 Å². The summed E-state index contributed by atoms with van der Waals surface area (Å²) >= 11 is 0. The average molecular weight is 271 g/mol. The van der Waals surface area contributed by atoms with Crippen LogP contribution in [0.2, 0.25) is 0 Å². The molecule has 1 unspecified atom stereocenters. The molecule has 2 N–H and O–H groups in total. The summed E-state index contributed by atoms with van der Waals surface area (Å²) in [6.07, 6.45) is 2.37. The molecular weight excluding hydrogens is 253 g/mol. The second-order valence-corrected chi connectivity index (χ2v) is 5.51. The molecule has 0 spiro atoms. The number of aryl methyl sites for hydroxylation is 1. The maximum atomic E-state index is 13.0. The van der Waals surface area contributed by atoms with Crippen LogP contribution < -0.4 is 5.32 Å². The number of halogens is 1. The summed E-state index contributed by atoms with van der Waals surface area (Å²) in [4.78, 5) is 0. The second-order valence-electron chi connectivity index (χ2n) is 5.51. The van der Waals surface area contributed by atoms with Gasteiger partial charge in [-0.3, -0.25) is 0 Å². The highest BCUT2D eigenvalue weighted by Gasteiger charge is 2.32. The molecule has 104 valence electrons. The van der Waals surface area contributed by atoms with Gasteiger partial charge in [0.15, 0.2) is 0 Å². The lowest BCUT2D eigenvalue weighted by molar-refractivity contribution is 0.471.